The third-order valence-corrected chi connectivity index (χ3v) is 10.6. The van der Waals surface area contributed by atoms with Crippen LogP contribution >= 0.6 is 0 Å². The van der Waals surface area contributed by atoms with Crippen molar-refractivity contribution in [3.05, 3.63) is 53.2 Å². The van der Waals surface area contributed by atoms with E-state index in [9.17, 15) is 17.6 Å². The van der Waals surface area contributed by atoms with Crippen LogP contribution in [0, 0.1) is 29.4 Å². The third kappa shape index (κ3) is 5.83. The number of hydrogen-bond acceptors (Lipinski definition) is 8. The maximum atomic E-state index is 17.0. The molecule has 4 aliphatic rings. The van der Waals surface area contributed by atoms with Gasteiger partial charge >= 0.3 is 12.4 Å². The van der Waals surface area contributed by atoms with Crippen molar-refractivity contribution in [1.29, 1.82) is 0 Å². The number of nitrogens with one attached hydrogen (secondary N) is 1. The van der Waals surface area contributed by atoms with Crippen LogP contribution < -0.4 is 15.0 Å². The molecule has 2 atom stereocenters. The summed E-state index contributed by atoms with van der Waals surface area (Å²) in [5.74, 6) is 1.74. The van der Waals surface area contributed by atoms with Crippen molar-refractivity contribution >= 4 is 27.5 Å². The van der Waals surface area contributed by atoms with E-state index in [1.54, 1.807) is 24.3 Å². The van der Waals surface area contributed by atoms with Crippen molar-refractivity contribution in [1.82, 2.24) is 25.2 Å². The molecule has 0 amide bonds. The molecule has 2 saturated heterocycles. The van der Waals surface area contributed by atoms with Crippen molar-refractivity contribution in [3.63, 3.8) is 0 Å². The molecule has 8 rings (SSSR count). The smallest absolute Gasteiger partial charge is 0.463 e. The number of rotatable bonds is 7. The van der Waals surface area contributed by atoms with Gasteiger partial charge in [-0.05, 0) is 50.5 Å². The van der Waals surface area contributed by atoms with Gasteiger partial charge in [-0.3, -0.25) is 9.64 Å². The summed E-state index contributed by atoms with van der Waals surface area (Å²) in [6.45, 7) is 5.70. The summed E-state index contributed by atoms with van der Waals surface area (Å²) in [5.41, 5.74) is 0.528. The number of anilines is 1. The van der Waals surface area contributed by atoms with E-state index in [0.717, 1.165) is 25.8 Å². The van der Waals surface area contributed by atoms with Gasteiger partial charge in [0, 0.05) is 55.6 Å². The van der Waals surface area contributed by atoms with Crippen LogP contribution in [0.1, 0.15) is 43.9 Å². The Balaban J connectivity index is 1.19. The highest BCUT2D eigenvalue weighted by atomic mass is 19.4. The van der Waals surface area contributed by atoms with E-state index in [0.29, 0.717) is 72.3 Å². The molecular weight excluding hydrogens is 643 g/mol. The van der Waals surface area contributed by atoms with Crippen LogP contribution in [-0.4, -0.2) is 83.7 Å². The molecular formula is C36H35F5N6O2. The van der Waals surface area contributed by atoms with Crippen LogP contribution in [0.2, 0.25) is 0 Å². The van der Waals surface area contributed by atoms with Gasteiger partial charge in [0.1, 0.15) is 22.8 Å². The number of fused-ring (bicyclic) bond motifs is 3. The monoisotopic (exact) mass is 678 g/mol. The van der Waals surface area contributed by atoms with Gasteiger partial charge in [0.05, 0.1) is 34.9 Å². The molecule has 0 radical (unpaired) electrons. The van der Waals surface area contributed by atoms with Crippen LogP contribution in [0.3, 0.4) is 0 Å². The zero-order valence-electron chi connectivity index (χ0n) is 27.0. The Morgan fingerprint density at radius 2 is 1.90 bits per heavy atom. The summed E-state index contributed by atoms with van der Waals surface area (Å²) in [7, 11) is 0. The highest BCUT2D eigenvalue weighted by molar-refractivity contribution is 6.02. The Morgan fingerprint density at radius 3 is 2.67 bits per heavy atom. The number of halogens is 5. The van der Waals surface area contributed by atoms with Crippen LogP contribution in [-0.2, 0) is 11.2 Å². The van der Waals surface area contributed by atoms with Gasteiger partial charge in [-0.25, -0.2) is 13.8 Å². The number of likely N-dealkylation sites (tertiary alicyclic amines) is 1. The zero-order valence-corrected chi connectivity index (χ0v) is 27.0. The van der Waals surface area contributed by atoms with E-state index >= 15 is 4.39 Å². The first-order valence-electron chi connectivity index (χ1n) is 16.6. The lowest BCUT2D eigenvalue weighted by Crippen LogP contribution is -2.60. The van der Waals surface area contributed by atoms with Crippen LogP contribution in [0.15, 0.2) is 30.3 Å². The summed E-state index contributed by atoms with van der Waals surface area (Å²) in [6, 6.07) is 8.19. The summed E-state index contributed by atoms with van der Waals surface area (Å²) >= 11 is 0. The molecule has 2 unspecified atom stereocenters. The number of hydrogen-bond donors (Lipinski definition) is 1. The number of terminal acetylenes is 1. The fraction of sp³-hybridized carbons (Fsp3) is 0.472. The molecule has 0 bridgehead atoms. The van der Waals surface area contributed by atoms with E-state index in [-0.39, 0.29) is 46.9 Å². The molecule has 13 heteroatoms. The lowest BCUT2D eigenvalue weighted by molar-refractivity contribution is -0.340. The number of nitrogens with zero attached hydrogens (tertiary/aromatic N) is 5. The normalized spacial score (nSPS) is 23.4. The number of aromatic nitrogens is 3. The van der Waals surface area contributed by atoms with E-state index < -0.39 is 24.1 Å². The van der Waals surface area contributed by atoms with Crippen molar-refractivity contribution in [3.8, 4) is 29.6 Å². The number of piperazine rings is 1. The highest BCUT2D eigenvalue weighted by Crippen LogP contribution is 2.48. The quantitative estimate of drug-likeness (QED) is 0.189. The maximum Gasteiger partial charge on any atom is 0.522 e. The van der Waals surface area contributed by atoms with Crippen molar-refractivity contribution < 1.29 is 31.4 Å². The Hall–Kier alpha value is -4.12. The standard InChI is InChI=1S/C36H35F5N6O2/c1-3-23-25(37)8-7-21-5-4-6-24(27(21)23)30-29(38)31-28-26(43-30)9-11-34(2)18-42-14-16-47(34)32(28)45-33(44-31)48-20-35(12-13-35)19-46-15-10-22(17-46)49-36(39,40)41/h1,4-8,22,42H,9-20H2,2H3. The van der Waals surface area contributed by atoms with Gasteiger partial charge in [0.15, 0.2) is 5.82 Å². The second kappa shape index (κ2) is 11.7. The maximum absolute atomic E-state index is 17.0. The molecule has 4 aromatic rings. The van der Waals surface area contributed by atoms with E-state index in [2.05, 4.69) is 32.8 Å². The van der Waals surface area contributed by atoms with Gasteiger partial charge < -0.3 is 15.0 Å². The Kier molecular flexibility index (Phi) is 7.70. The predicted molar refractivity (Wildman–Crippen MR) is 174 cm³/mol. The first kappa shape index (κ1) is 32.1. The Labute approximate surface area is 280 Å². The summed E-state index contributed by atoms with van der Waals surface area (Å²) in [6.07, 6.45) is 3.44. The van der Waals surface area contributed by atoms with Gasteiger partial charge in [0.2, 0.25) is 0 Å². The molecule has 2 aromatic carbocycles. The number of pyridine rings is 1. The van der Waals surface area contributed by atoms with Crippen LogP contribution in [0.4, 0.5) is 27.8 Å². The molecule has 1 N–H and O–H groups in total. The molecule has 3 fully saturated rings. The fourth-order valence-corrected chi connectivity index (χ4v) is 7.85. The zero-order chi connectivity index (χ0) is 34.1. The Morgan fingerprint density at radius 1 is 1.06 bits per heavy atom. The third-order valence-electron chi connectivity index (χ3n) is 10.6. The molecule has 8 nitrogen and oxygen atoms in total. The molecule has 0 spiro atoms. The second-order valence-corrected chi connectivity index (χ2v) is 14.1. The molecule has 1 saturated carbocycles. The number of benzene rings is 2. The average molecular weight is 679 g/mol. The first-order valence-corrected chi connectivity index (χ1v) is 16.6. The molecule has 49 heavy (non-hydrogen) atoms. The van der Waals surface area contributed by atoms with Crippen molar-refractivity contribution in [2.24, 2.45) is 5.41 Å². The van der Waals surface area contributed by atoms with Gasteiger partial charge in [-0.15, -0.1) is 19.6 Å². The topological polar surface area (TPSA) is 75.6 Å². The van der Waals surface area contributed by atoms with E-state index in [4.69, 9.17) is 21.1 Å². The molecule has 2 aromatic heterocycles. The molecule has 1 aliphatic carbocycles. The van der Waals surface area contributed by atoms with E-state index in [1.165, 1.54) is 6.07 Å². The largest absolute Gasteiger partial charge is 0.522 e. The lowest BCUT2D eigenvalue weighted by Gasteiger charge is -2.45. The van der Waals surface area contributed by atoms with Gasteiger partial charge in [0.25, 0.3) is 0 Å². The second-order valence-electron chi connectivity index (χ2n) is 14.1. The summed E-state index contributed by atoms with van der Waals surface area (Å²) in [4.78, 5) is 18.6. The van der Waals surface area contributed by atoms with Crippen molar-refractivity contribution in [2.75, 3.05) is 50.8 Å². The summed E-state index contributed by atoms with van der Waals surface area (Å²) < 4.78 is 80.8. The number of aryl methyl sites for hydroxylation is 1. The van der Waals surface area contributed by atoms with E-state index in [1.807, 2.05) is 4.90 Å². The number of alkyl halides is 3. The minimum atomic E-state index is -4.66. The lowest BCUT2D eigenvalue weighted by atomic mass is 9.92. The average Bonchev–Trinajstić information content (AvgIpc) is 3.73. The molecule has 256 valence electrons. The van der Waals surface area contributed by atoms with Crippen molar-refractivity contribution in [2.45, 2.75) is 57.0 Å². The first-order chi connectivity index (χ1) is 23.5. The Bertz CT molecular complexity index is 2010. The summed E-state index contributed by atoms with van der Waals surface area (Å²) in [5, 5.41) is 5.06. The van der Waals surface area contributed by atoms with Crippen LogP contribution in [0.5, 0.6) is 6.01 Å². The highest BCUT2D eigenvalue weighted by Gasteiger charge is 2.47. The molecule has 3 aliphatic heterocycles. The number of ether oxygens (including phenoxy) is 2. The minimum Gasteiger partial charge on any atom is -0.463 e. The fourth-order valence-electron chi connectivity index (χ4n) is 7.85. The van der Waals surface area contributed by atoms with Gasteiger partial charge in [-0.2, -0.15) is 9.97 Å². The minimum absolute atomic E-state index is 0.0199. The van der Waals surface area contributed by atoms with Gasteiger partial charge in [-0.1, -0.05) is 30.2 Å². The SMILES string of the molecule is C#Cc1c(F)ccc2cccc(-c3nc4c5c(nc(OCC6(CN7CCC(OC(F)(F)F)C7)CC6)nc5c3F)N3CCNCC3(C)CC4)c12. The van der Waals surface area contributed by atoms with Crippen LogP contribution in [0.25, 0.3) is 32.9 Å². The predicted octanol–water partition coefficient (Wildman–Crippen LogP) is 5.99. The molecule has 5 heterocycles.